The minimum Gasteiger partial charge on any atom is -0.490 e. The number of likely N-dealkylation sites (N-methyl/N-ethyl adjacent to an activating group) is 1. The molecule has 21 heavy (non-hydrogen) atoms. The molecule has 0 aliphatic carbocycles. The van der Waals surface area contributed by atoms with Gasteiger partial charge in [0.2, 0.25) is 5.91 Å². The highest BCUT2D eigenvalue weighted by atomic mass is 16.5. The smallest absolute Gasteiger partial charge is 0.237 e. The first-order valence-electron chi connectivity index (χ1n) is 6.95. The number of carbonyl (C=O) groups excluding carboxylic acids is 1. The molecule has 5 nitrogen and oxygen atoms in total. The SMILES string of the molecule is CNC(C)(CC(C)Oc1cccc2ncccc12)C(N)=O. The number of nitrogens with zero attached hydrogens (tertiary/aromatic N) is 1. The number of primary amides is 1. The summed E-state index contributed by atoms with van der Waals surface area (Å²) in [4.78, 5) is 15.8. The third kappa shape index (κ3) is 3.31. The molecule has 0 spiro atoms. The van der Waals surface area contributed by atoms with Crippen LogP contribution in [0, 0.1) is 0 Å². The van der Waals surface area contributed by atoms with Crippen LogP contribution in [0.1, 0.15) is 20.3 Å². The highest BCUT2D eigenvalue weighted by molar-refractivity contribution is 5.85. The Hall–Kier alpha value is -2.14. The fraction of sp³-hybridized carbons (Fsp3) is 0.375. The topological polar surface area (TPSA) is 77.2 Å². The van der Waals surface area contributed by atoms with E-state index in [0.29, 0.717) is 6.42 Å². The van der Waals surface area contributed by atoms with Crippen molar-refractivity contribution in [3.8, 4) is 5.75 Å². The van der Waals surface area contributed by atoms with Crippen molar-refractivity contribution >= 4 is 16.8 Å². The molecule has 0 aliphatic heterocycles. The standard InChI is InChI=1S/C16H21N3O2/c1-11(10-16(2,18-3)15(17)20)21-14-8-4-7-13-12(14)6-5-9-19-13/h4-9,11,18H,10H2,1-3H3,(H2,17,20). The van der Waals surface area contributed by atoms with Gasteiger partial charge in [-0.3, -0.25) is 9.78 Å². The van der Waals surface area contributed by atoms with Crippen LogP contribution in [0.3, 0.4) is 0 Å². The van der Waals surface area contributed by atoms with Gasteiger partial charge in [-0.2, -0.15) is 0 Å². The molecule has 112 valence electrons. The number of pyridine rings is 1. The minimum atomic E-state index is -0.789. The molecule has 5 heteroatoms. The number of fused-ring (bicyclic) bond motifs is 1. The van der Waals surface area contributed by atoms with Crippen molar-refractivity contribution in [2.24, 2.45) is 5.73 Å². The summed E-state index contributed by atoms with van der Waals surface area (Å²) in [6, 6.07) is 9.59. The van der Waals surface area contributed by atoms with E-state index in [9.17, 15) is 4.79 Å². The molecular formula is C16H21N3O2. The minimum absolute atomic E-state index is 0.166. The maximum Gasteiger partial charge on any atom is 0.237 e. The molecule has 0 aliphatic rings. The van der Waals surface area contributed by atoms with Crippen molar-refractivity contribution in [2.75, 3.05) is 7.05 Å². The van der Waals surface area contributed by atoms with E-state index < -0.39 is 5.54 Å². The number of ether oxygens (including phenoxy) is 1. The number of aromatic nitrogens is 1. The first kappa shape index (κ1) is 15.3. The summed E-state index contributed by atoms with van der Waals surface area (Å²) in [5, 5.41) is 3.92. The van der Waals surface area contributed by atoms with Crippen LogP contribution in [0.2, 0.25) is 0 Å². The highest BCUT2D eigenvalue weighted by Crippen LogP contribution is 2.26. The number of amides is 1. The normalized spacial score (nSPS) is 15.4. The van der Waals surface area contributed by atoms with Gasteiger partial charge in [0.25, 0.3) is 0 Å². The van der Waals surface area contributed by atoms with Gasteiger partial charge >= 0.3 is 0 Å². The lowest BCUT2D eigenvalue weighted by molar-refractivity contribution is -0.124. The fourth-order valence-electron chi connectivity index (χ4n) is 2.34. The maximum atomic E-state index is 11.5. The van der Waals surface area contributed by atoms with E-state index in [1.807, 2.05) is 37.3 Å². The van der Waals surface area contributed by atoms with E-state index in [-0.39, 0.29) is 12.0 Å². The monoisotopic (exact) mass is 287 g/mol. The number of benzene rings is 1. The first-order valence-corrected chi connectivity index (χ1v) is 6.95. The largest absolute Gasteiger partial charge is 0.490 e. The molecule has 2 atom stereocenters. The van der Waals surface area contributed by atoms with Crippen LogP contribution in [-0.4, -0.2) is 29.6 Å². The van der Waals surface area contributed by atoms with Crippen LogP contribution in [0.4, 0.5) is 0 Å². The van der Waals surface area contributed by atoms with Crippen LogP contribution in [0.25, 0.3) is 10.9 Å². The number of rotatable bonds is 6. The van der Waals surface area contributed by atoms with Crippen molar-refractivity contribution < 1.29 is 9.53 Å². The van der Waals surface area contributed by atoms with Gasteiger partial charge in [-0.05, 0) is 45.2 Å². The second-order valence-corrected chi connectivity index (χ2v) is 5.41. The molecule has 2 aromatic rings. The zero-order chi connectivity index (χ0) is 15.5. The quantitative estimate of drug-likeness (QED) is 0.850. The van der Waals surface area contributed by atoms with E-state index in [1.54, 1.807) is 20.2 Å². The maximum absolute atomic E-state index is 11.5. The van der Waals surface area contributed by atoms with Crippen LogP contribution >= 0.6 is 0 Å². The third-order valence-electron chi connectivity index (χ3n) is 3.73. The van der Waals surface area contributed by atoms with Gasteiger partial charge in [0.05, 0.1) is 17.2 Å². The molecule has 0 radical (unpaired) electrons. The number of carbonyl (C=O) groups is 1. The molecule has 1 aromatic heterocycles. The van der Waals surface area contributed by atoms with Crippen molar-refractivity contribution in [2.45, 2.75) is 31.9 Å². The zero-order valence-electron chi connectivity index (χ0n) is 12.6. The van der Waals surface area contributed by atoms with E-state index in [1.165, 1.54) is 0 Å². The molecule has 0 fully saturated rings. The van der Waals surface area contributed by atoms with Gasteiger partial charge < -0.3 is 15.8 Å². The molecule has 0 saturated carbocycles. The van der Waals surface area contributed by atoms with Gasteiger partial charge in [-0.25, -0.2) is 0 Å². The summed E-state index contributed by atoms with van der Waals surface area (Å²) in [7, 11) is 1.72. The summed E-state index contributed by atoms with van der Waals surface area (Å²) >= 11 is 0. The van der Waals surface area contributed by atoms with E-state index in [2.05, 4.69) is 10.3 Å². The average molecular weight is 287 g/mol. The van der Waals surface area contributed by atoms with Gasteiger partial charge in [0.15, 0.2) is 0 Å². The molecule has 2 rings (SSSR count). The van der Waals surface area contributed by atoms with Crippen molar-refractivity contribution in [1.82, 2.24) is 10.3 Å². The van der Waals surface area contributed by atoms with E-state index in [4.69, 9.17) is 10.5 Å². The summed E-state index contributed by atoms with van der Waals surface area (Å²) in [6.45, 7) is 3.70. The Balaban J connectivity index is 2.19. The summed E-state index contributed by atoms with van der Waals surface area (Å²) < 4.78 is 5.99. The highest BCUT2D eigenvalue weighted by Gasteiger charge is 2.31. The van der Waals surface area contributed by atoms with Crippen molar-refractivity contribution in [1.29, 1.82) is 0 Å². The third-order valence-corrected chi connectivity index (χ3v) is 3.73. The lowest BCUT2D eigenvalue weighted by atomic mass is 9.94. The molecule has 1 aromatic carbocycles. The predicted octanol–water partition coefficient (Wildman–Crippen LogP) is 1.86. The van der Waals surface area contributed by atoms with Crippen molar-refractivity contribution in [3.63, 3.8) is 0 Å². The Morgan fingerprint density at radius 3 is 2.86 bits per heavy atom. The van der Waals surface area contributed by atoms with Gasteiger partial charge in [-0.15, -0.1) is 0 Å². The second kappa shape index (κ2) is 6.10. The fourth-order valence-corrected chi connectivity index (χ4v) is 2.34. The van der Waals surface area contributed by atoms with Crippen LogP contribution < -0.4 is 15.8 Å². The Kier molecular flexibility index (Phi) is 4.43. The Morgan fingerprint density at radius 2 is 2.19 bits per heavy atom. The average Bonchev–Trinajstić information content (AvgIpc) is 2.47. The summed E-state index contributed by atoms with van der Waals surface area (Å²) in [5.41, 5.74) is 5.54. The zero-order valence-corrected chi connectivity index (χ0v) is 12.6. The molecule has 3 N–H and O–H groups in total. The predicted molar refractivity (Wildman–Crippen MR) is 83.1 cm³/mol. The Morgan fingerprint density at radius 1 is 1.43 bits per heavy atom. The summed E-state index contributed by atoms with van der Waals surface area (Å²) in [6.07, 6.45) is 2.07. The molecule has 2 unspecified atom stereocenters. The molecule has 1 amide bonds. The van der Waals surface area contributed by atoms with Crippen LogP contribution in [-0.2, 0) is 4.79 Å². The molecule has 0 saturated heterocycles. The number of hydrogen-bond donors (Lipinski definition) is 2. The second-order valence-electron chi connectivity index (χ2n) is 5.41. The van der Waals surface area contributed by atoms with Crippen LogP contribution in [0.5, 0.6) is 5.75 Å². The van der Waals surface area contributed by atoms with Gasteiger partial charge in [0, 0.05) is 18.0 Å². The lowest BCUT2D eigenvalue weighted by Gasteiger charge is -2.29. The van der Waals surface area contributed by atoms with Crippen LogP contribution in [0.15, 0.2) is 36.5 Å². The Bertz CT molecular complexity index is 639. The van der Waals surface area contributed by atoms with E-state index in [0.717, 1.165) is 16.7 Å². The lowest BCUT2D eigenvalue weighted by Crippen LogP contribution is -2.53. The molecule has 1 heterocycles. The number of nitrogens with two attached hydrogens (primary N) is 1. The number of nitrogens with one attached hydrogen (secondary N) is 1. The Labute approximate surface area is 124 Å². The molecular weight excluding hydrogens is 266 g/mol. The van der Waals surface area contributed by atoms with Crippen molar-refractivity contribution in [3.05, 3.63) is 36.5 Å². The van der Waals surface area contributed by atoms with Gasteiger partial charge in [-0.1, -0.05) is 6.07 Å². The molecule has 0 bridgehead atoms. The first-order chi connectivity index (χ1) is 9.96. The summed E-state index contributed by atoms with van der Waals surface area (Å²) in [5.74, 6) is 0.371. The van der Waals surface area contributed by atoms with Gasteiger partial charge in [0.1, 0.15) is 5.75 Å². The number of hydrogen-bond acceptors (Lipinski definition) is 4. The van der Waals surface area contributed by atoms with E-state index >= 15 is 0 Å².